The van der Waals surface area contributed by atoms with Crippen LogP contribution in [-0.2, 0) is 0 Å². The molecule has 0 saturated heterocycles. The van der Waals surface area contributed by atoms with E-state index in [9.17, 15) is 4.79 Å². The van der Waals surface area contributed by atoms with E-state index in [1.54, 1.807) is 23.2 Å². The molecule has 112 valence electrons. The van der Waals surface area contributed by atoms with Gasteiger partial charge in [-0.2, -0.15) is 0 Å². The van der Waals surface area contributed by atoms with Crippen molar-refractivity contribution in [3.63, 3.8) is 0 Å². The van der Waals surface area contributed by atoms with Gasteiger partial charge >= 0.3 is 6.09 Å². The van der Waals surface area contributed by atoms with Crippen LogP contribution in [0.4, 0.5) is 10.6 Å². The first-order valence-corrected chi connectivity index (χ1v) is 7.17. The number of benzene rings is 1. The second-order valence-electron chi connectivity index (χ2n) is 4.98. The van der Waals surface area contributed by atoms with Gasteiger partial charge in [0.05, 0.1) is 6.04 Å². The third kappa shape index (κ3) is 3.63. The minimum Gasteiger partial charge on any atom is -0.410 e. The fourth-order valence-corrected chi connectivity index (χ4v) is 2.26. The highest BCUT2D eigenvalue weighted by Gasteiger charge is 2.21. The van der Waals surface area contributed by atoms with Crippen LogP contribution in [0.15, 0.2) is 66.9 Å². The number of nitrogens with zero attached hydrogens (tertiary/aromatic N) is 2. The van der Waals surface area contributed by atoms with Crippen LogP contribution in [0.1, 0.15) is 0 Å². The van der Waals surface area contributed by atoms with Gasteiger partial charge in [-0.05, 0) is 24.3 Å². The smallest absolute Gasteiger partial charge is 0.410 e. The van der Waals surface area contributed by atoms with Crippen LogP contribution in [0.3, 0.4) is 0 Å². The molecule has 2 aromatic rings. The number of pyridine rings is 1. The Morgan fingerprint density at radius 2 is 2.00 bits per heavy atom. The fraction of sp³-hybridized carbons (Fsp3) is 0.176. The topological polar surface area (TPSA) is 54.5 Å². The van der Waals surface area contributed by atoms with Crippen molar-refractivity contribution in [3.05, 3.63) is 66.9 Å². The average molecular weight is 295 g/mol. The maximum Gasteiger partial charge on any atom is 0.415 e. The van der Waals surface area contributed by atoms with Gasteiger partial charge in [-0.25, -0.2) is 9.78 Å². The second-order valence-corrected chi connectivity index (χ2v) is 4.98. The van der Waals surface area contributed by atoms with Crippen molar-refractivity contribution in [1.29, 1.82) is 0 Å². The maximum absolute atomic E-state index is 12.2. The molecule has 1 aliphatic heterocycles. The third-order valence-corrected chi connectivity index (χ3v) is 3.32. The van der Waals surface area contributed by atoms with Crippen LogP contribution in [0, 0.1) is 0 Å². The Morgan fingerprint density at radius 3 is 2.77 bits per heavy atom. The zero-order valence-electron chi connectivity index (χ0n) is 12.1. The minimum atomic E-state index is -0.344. The largest absolute Gasteiger partial charge is 0.415 e. The lowest BCUT2D eigenvalue weighted by Crippen LogP contribution is -2.43. The quantitative estimate of drug-likeness (QED) is 0.885. The minimum absolute atomic E-state index is 0.0203. The molecular formula is C17H17N3O2. The van der Waals surface area contributed by atoms with E-state index in [0.29, 0.717) is 18.8 Å². The molecule has 2 heterocycles. The van der Waals surface area contributed by atoms with Crippen LogP contribution in [0.25, 0.3) is 0 Å². The van der Waals surface area contributed by atoms with E-state index < -0.39 is 0 Å². The zero-order valence-corrected chi connectivity index (χ0v) is 12.1. The molecule has 0 fully saturated rings. The molecule has 1 aliphatic rings. The molecule has 22 heavy (non-hydrogen) atoms. The highest BCUT2D eigenvalue weighted by molar-refractivity contribution is 5.71. The Bertz CT molecular complexity index is 643. The Balaban J connectivity index is 1.59. The molecule has 0 bridgehead atoms. The van der Waals surface area contributed by atoms with Crippen molar-refractivity contribution >= 4 is 11.9 Å². The van der Waals surface area contributed by atoms with E-state index in [1.165, 1.54) is 0 Å². The lowest BCUT2D eigenvalue weighted by atomic mass is 10.2. The van der Waals surface area contributed by atoms with Crippen molar-refractivity contribution in [3.8, 4) is 5.75 Å². The van der Waals surface area contributed by atoms with Crippen molar-refractivity contribution in [2.75, 3.05) is 18.4 Å². The fourth-order valence-electron chi connectivity index (χ4n) is 2.26. The Kier molecular flexibility index (Phi) is 4.34. The Hall–Kier alpha value is -2.82. The molecule has 5 nitrogen and oxygen atoms in total. The van der Waals surface area contributed by atoms with Crippen LogP contribution in [0.2, 0.25) is 0 Å². The van der Waals surface area contributed by atoms with Crippen LogP contribution in [-0.4, -0.2) is 35.1 Å². The first-order chi connectivity index (χ1) is 10.8. The summed E-state index contributed by atoms with van der Waals surface area (Å²) in [6, 6.07) is 14.8. The number of ether oxygens (including phenoxy) is 1. The molecule has 5 heteroatoms. The summed E-state index contributed by atoms with van der Waals surface area (Å²) in [6.07, 6.45) is 5.39. The third-order valence-electron chi connectivity index (χ3n) is 3.32. The molecule has 1 atom stereocenters. The summed E-state index contributed by atoms with van der Waals surface area (Å²) in [6.45, 7) is 1.09. The van der Waals surface area contributed by atoms with Gasteiger partial charge in [0.2, 0.25) is 0 Å². The van der Waals surface area contributed by atoms with Gasteiger partial charge in [0.1, 0.15) is 11.6 Å². The predicted octanol–water partition coefficient (Wildman–Crippen LogP) is 2.93. The van der Waals surface area contributed by atoms with Gasteiger partial charge in [0.25, 0.3) is 0 Å². The number of hydrogen-bond donors (Lipinski definition) is 1. The van der Waals surface area contributed by atoms with E-state index in [1.807, 2.05) is 48.6 Å². The summed E-state index contributed by atoms with van der Waals surface area (Å²) in [7, 11) is 0. The number of rotatable bonds is 3. The summed E-state index contributed by atoms with van der Waals surface area (Å²) < 4.78 is 5.36. The number of nitrogens with one attached hydrogen (secondary N) is 1. The van der Waals surface area contributed by atoms with E-state index in [0.717, 1.165) is 5.82 Å². The molecule has 1 N–H and O–H groups in total. The van der Waals surface area contributed by atoms with Gasteiger partial charge in [-0.1, -0.05) is 36.4 Å². The first-order valence-electron chi connectivity index (χ1n) is 7.17. The van der Waals surface area contributed by atoms with Gasteiger partial charge in [-0.3, -0.25) is 0 Å². The average Bonchev–Trinajstić information content (AvgIpc) is 2.57. The molecular weight excluding hydrogens is 278 g/mol. The number of carbonyl (C=O) groups excluding carboxylic acids is 1. The Labute approximate surface area is 129 Å². The van der Waals surface area contributed by atoms with Crippen LogP contribution < -0.4 is 10.1 Å². The summed E-state index contributed by atoms with van der Waals surface area (Å²) in [5.74, 6) is 1.34. The van der Waals surface area contributed by atoms with Gasteiger partial charge in [-0.15, -0.1) is 0 Å². The molecule has 0 spiro atoms. The number of anilines is 1. The molecule has 0 saturated carbocycles. The molecule has 0 aliphatic carbocycles. The predicted molar refractivity (Wildman–Crippen MR) is 84.8 cm³/mol. The highest BCUT2D eigenvalue weighted by Crippen LogP contribution is 2.13. The number of para-hydroxylation sites is 1. The van der Waals surface area contributed by atoms with Crippen molar-refractivity contribution < 1.29 is 9.53 Å². The van der Waals surface area contributed by atoms with Gasteiger partial charge in [0, 0.05) is 19.3 Å². The summed E-state index contributed by atoms with van der Waals surface area (Å²) in [5.41, 5.74) is 0. The first kappa shape index (κ1) is 14.1. The van der Waals surface area contributed by atoms with Crippen molar-refractivity contribution in [2.24, 2.45) is 0 Å². The molecule has 0 radical (unpaired) electrons. The van der Waals surface area contributed by atoms with Gasteiger partial charge < -0.3 is 15.0 Å². The summed E-state index contributed by atoms with van der Waals surface area (Å²) in [4.78, 5) is 18.1. The van der Waals surface area contributed by atoms with Crippen LogP contribution >= 0.6 is 0 Å². The van der Waals surface area contributed by atoms with E-state index >= 15 is 0 Å². The van der Waals surface area contributed by atoms with Crippen molar-refractivity contribution in [1.82, 2.24) is 9.88 Å². The van der Waals surface area contributed by atoms with E-state index in [-0.39, 0.29) is 12.1 Å². The highest BCUT2D eigenvalue weighted by atomic mass is 16.6. The number of amides is 1. The van der Waals surface area contributed by atoms with Crippen molar-refractivity contribution in [2.45, 2.75) is 6.04 Å². The lowest BCUT2D eigenvalue weighted by Gasteiger charge is -2.28. The van der Waals surface area contributed by atoms with Crippen LogP contribution in [0.5, 0.6) is 5.75 Å². The lowest BCUT2D eigenvalue weighted by molar-refractivity contribution is 0.155. The monoisotopic (exact) mass is 295 g/mol. The number of aromatic nitrogens is 1. The molecule has 1 aromatic heterocycles. The standard InChI is InChI=1S/C17H17N3O2/c21-17(22-15-8-2-1-3-9-15)20-12-6-7-14(13-20)19-16-10-4-5-11-18-16/h1-11,14H,12-13H2,(H,18,19)/t14-/m0/s1. The molecule has 0 unspecified atom stereocenters. The molecule has 1 amide bonds. The normalized spacial score (nSPS) is 17.1. The zero-order chi connectivity index (χ0) is 15.2. The van der Waals surface area contributed by atoms with E-state index in [4.69, 9.17) is 4.74 Å². The van der Waals surface area contributed by atoms with E-state index in [2.05, 4.69) is 10.3 Å². The SMILES string of the molecule is O=C(Oc1ccccc1)N1CC=C[C@H](Nc2ccccn2)C1. The maximum atomic E-state index is 12.2. The summed E-state index contributed by atoms with van der Waals surface area (Å²) in [5, 5.41) is 3.28. The second kappa shape index (κ2) is 6.76. The Morgan fingerprint density at radius 1 is 1.18 bits per heavy atom. The number of hydrogen-bond acceptors (Lipinski definition) is 4. The molecule has 3 rings (SSSR count). The van der Waals surface area contributed by atoms with Gasteiger partial charge in [0.15, 0.2) is 0 Å². The summed E-state index contributed by atoms with van der Waals surface area (Å²) >= 11 is 0. The molecule has 1 aromatic carbocycles. The number of carbonyl (C=O) groups is 1.